The number of sulfonamides is 1. The van der Waals surface area contributed by atoms with Crippen molar-refractivity contribution in [3.8, 4) is 11.5 Å². The maximum Gasteiger partial charge on any atom is 0.243 e. The van der Waals surface area contributed by atoms with Crippen molar-refractivity contribution in [2.24, 2.45) is 0 Å². The summed E-state index contributed by atoms with van der Waals surface area (Å²) in [6.45, 7) is 2.61. The van der Waals surface area contributed by atoms with E-state index in [0.29, 0.717) is 29.4 Å². The van der Waals surface area contributed by atoms with E-state index in [0.717, 1.165) is 22.3 Å². The summed E-state index contributed by atoms with van der Waals surface area (Å²) in [5.41, 5.74) is 3.39. The number of hydrogen-bond donors (Lipinski definition) is 2. The van der Waals surface area contributed by atoms with Crippen LogP contribution in [0.15, 0.2) is 102 Å². The second-order valence-corrected chi connectivity index (χ2v) is 13.1. The Balaban J connectivity index is 1.37. The minimum absolute atomic E-state index is 0.119. The predicted octanol–water partition coefficient (Wildman–Crippen LogP) is 5.26. The van der Waals surface area contributed by atoms with Gasteiger partial charge in [0.05, 0.1) is 4.90 Å². The first-order valence-electron chi connectivity index (χ1n) is 15.0. The first-order chi connectivity index (χ1) is 22.2. The molecule has 9 nitrogen and oxygen atoms in total. The van der Waals surface area contributed by atoms with Crippen LogP contribution < -0.4 is 19.5 Å². The summed E-state index contributed by atoms with van der Waals surface area (Å²) in [6.07, 6.45) is 0.798. The fourth-order valence-electron chi connectivity index (χ4n) is 5.20. The van der Waals surface area contributed by atoms with E-state index in [4.69, 9.17) is 21.1 Å². The number of ether oxygens (including phenoxy) is 2. The maximum absolute atomic E-state index is 14.0. The second-order valence-electron chi connectivity index (χ2n) is 10.9. The van der Waals surface area contributed by atoms with E-state index >= 15 is 0 Å². The van der Waals surface area contributed by atoms with Crippen molar-refractivity contribution in [3.05, 3.63) is 124 Å². The van der Waals surface area contributed by atoms with Crippen LogP contribution in [0.3, 0.4) is 0 Å². The van der Waals surface area contributed by atoms with Gasteiger partial charge in [-0.1, -0.05) is 79.2 Å². The molecule has 0 spiro atoms. The predicted molar refractivity (Wildman–Crippen MR) is 176 cm³/mol. The van der Waals surface area contributed by atoms with Crippen molar-refractivity contribution >= 4 is 33.4 Å². The largest absolute Gasteiger partial charge is 0.454 e. The van der Waals surface area contributed by atoms with Gasteiger partial charge in [-0.2, -0.15) is 0 Å². The number of halogens is 1. The number of hydrogen-bond acceptors (Lipinski definition) is 6. The SMILES string of the molecule is CCNS(=O)(=O)c1ccc(CCC(=O)N(Cc2ccc(Cl)cc2)[C@@H](Cc2ccccc2)C(=O)NCc2ccc3c(c2)OCO3)cc1. The van der Waals surface area contributed by atoms with Crippen LogP contribution in [-0.2, 0) is 45.5 Å². The molecule has 46 heavy (non-hydrogen) atoms. The van der Waals surface area contributed by atoms with E-state index < -0.39 is 16.1 Å². The molecule has 0 aromatic heterocycles. The summed E-state index contributed by atoms with van der Waals surface area (Å²) in [6, 6.07) is 28.0. The third kappa shape index (κ3) is 8.66. The second kappa shape index (κ2) is 15.3. The van der Waals surface area contributed by atoms with E-state index in [-0.39, 0.29) is 49.6 Å². The van der Waals surface area contributed by atoms with Gasteiger partial charge in [-0.15, -0.1) is 0 Å². The molecule has 0 radical (unpaired) electrons. The summed E-state index contributed by atoms with van der Waals surface area (Å²) in [4.78, 5) is 29.8. The number of carbonyl (C=O) groups is 2. The Kier molecular flexibility index (Phi) is 11.0. The van der Waals surface area contributed by atoms with Crippen molar-refractivity contribution in [2.75, 3.05) is 13.3 Å². The number of aryl methyl sites for hydroxylation is 1. The molecule has 0 saturated carbocycles. The highest BCUT2D eigenvalue weighted by atomic mass is 35.5. The Bertz CT molecular complexity index is 1750. The van der Waals surface area contributed by atoms with Crippen LogP contribution in [0, 0.1) is 0 Å². The van der Waals surface area contributed by atoms with Gasteiger partial charge in [-0.3, -0.25) is 9.59 Å². The Morgan fingerprint density at radius 1 is 0.848 bits per heavy atom. The van der Waals surface area contributed by atoms with Gasteiger partial charge in [0.15, 0.2) is 11.5 Å². The Labute approximate surface area is 274 Å². The number of rotatable bonds is 14. The number of nitrogens with zero attached hydrogens (tertiary/aromatic N) is 1. The molecule has 2 amide bonds. The van der Waals surface area contributed by atoms with Gasteiger partial charge in [-0.05, 0) is 65.1 Å². The molecule has 4 aromatic rings. The van der Waals surface area contributed by atoms with Crippen molar-refractivity contribution in [3.63, 3.8) is 0 Å². The lowest BCUT2D eigenvalue weighted by atomic mass is 10.0. The third-order valence-corrected chi connectivity index (χ3v) is 9.45. The van der Waals surface area contributed by atoms with Gasteiger partial charge in [0.25, 0.3) is 0 Å². The number of nitrogens with one attached hydrogen (secondary N) is 2. The quantitative estimate of drug-likeness (QED) is 0.191. The minimum Gasteiger partial charge on any atom is -0.454 e. The molecule has 5 rings (SSSR count). The standard InChI is InChI=1S/C35H36ClN3O6S/c1-2-38-46(42,43)30-16-10-25(11-17-30)13-19-34(40)39(23-27-8-14-29(36)15-9-27)31(20-26-6-4-3-5-7-26)35(41)37-22-28-12-18-32-33(21-28)45-24-44-32/h3-12,14-18,21,31,38H,2,13,19-20,22-24H2,1H3,(H,37,41)/t31-/m0/s1. The first kappa shape index (κ1) is 33.0. The molecule has 1 aliphatic heterocycles. The van der Waals surface area contributed by atoms with Crippen LogP contribution in [-0.4, -0.2) is 44.5 Å². The molecule has 0 bridgehead atoms. The van der Waals surface area contributed by atoms with Crippen molar-refractivity contribution in [1.82, 2.24) is 14.9 Å². The normalized spacial score (nSPS) is 12.8. The maximum atomic E-state index is 14.0. The highest BCUT2D eigenvalue weighted by Crippen LogP contribution is 2.32. The molecular formula is C35H36ClN3O6S. The number of carbonyl (C=O) groups excluding carboxylic acids is 2. The Morgan fingerprint density at radius 2 is 1.52 bits per heavy atom. The van der Waals surface area contributed by atoms with Gasteiger partial charge in [0.1, 0.15) is 6.04 Å². The topological polar surface area (TPSA) is 114 Å². The summed E-state index contributed by atoms with van der Waals surface area (Å²) in [5, 5.41) is 3.60. The molecule has 240 valence electrons. The van der Waals surface area contributed by atoms with E-state index in [1.54, 1.807) is 36.1 Å². The van der Waals surface area contributed by atoms with Crippen LogP contribution in [0.2, 0.25) is 5.02 Å². The molecule has 1 aliphatic rings. The van der Waals surface area contributed by atoms with Gasteiger partial charge in [-0.25, -0.2) is 13.1 Å². The Hall–Kier alpha value is -4.38. The van der Waals surface area contributed by atoms with Crippen molar-refractivity contribution in [1.29, 1.82) is 0 Å². The van der Waals surface area contributed by atoms with Crippen LogP contribution in [0.5, 0.6) is 11.5 Å². The van der Waals surface area contributed by atoms with E-state index in [9.17, 15) is 18.0 Å². The molecule has 11 heteroatoms. The highest BCUT2D eigenvalue weighted by Gasteiger charge is 2.30. The molecule has 4 aromatic carbocycles. The van der Waals surface area contributed by atoms with Crippen LogP contribution in [0.25, 0.3) is 0 Å². The lowest BCUT2D eigenvalue weighted by Crippen LogP contribution is -2.50. The van der Waals surface area contributed by atoms with Gasteiger partial charge in [0, 0.05) is 37.5 Å². The molecule has 0 fully saturated rings. The molecule has 0 saturated heterocycles. The fraction of sp³-hybridized carbons (Fsp3) is 0.257. The average Bonchev–Trinajstić information content (AvgIpc) is 3.54. The van der Waals surface area contributed by atoms with Gasteiger partial charge in [0.2, 0.25) is 28.6 Å². The van der Waals surface area contributed by atoms with E-state index in [2.05, 4.69) is 10.0 Å². The number of fused-ring (bicyclic) bond motifs is 1. The molecule has 1 atom stereocenters. The zero-order valence-corrected chi connectivity index (χ0v) is 27.0. The molecule has 0 unspecified atom stereocenters. The zero-order valence-electron chi connectivity index (χ0n) is 25.4. The summed E-state index contributed by atoms with van der Waals surface area (Å²) in [5.74, 6) is 0.783. The first-order valence-corrected chi connectivity index (χ1v) is 16.9. The summed E-state index contributed by atoms with van der Waals surface area (Å²) in [7, 11) is -3.58. The monoisotopic (exact) mass is 661 g/mol. The van der Waals surface area contributed by atoms with Gasteiger partial charge >= 0.3 is 0 Å². The van der Waals surface area contributed by atoms with E-state index in [1.165, 1.54) is 12.1 Å². The van der Waals surface area contributed by atoms with E-state index in [1.807, 2.05) is 60.7 Å². The summed E-state index contributed by atoms with van der Waals surface area (Å²) >= 11 is 6.14. The molecule has 2 N–H and O–H groups in total. The van der Waals surface area contributed by atoms with Crippen LogP contribution in [0.1, 0.15) is 35.6 Å². The molecule has 0 aliphatic carbocycles. The van der Waals surface area contributed by atoms with Gasteiger partial charge < -0.3 is 19.7 Å². The average molecular weight is 662 g/mol. The zero-order chi connectivity index (χ0) is 32.5. The summed E-state index contributed by atoms with van der Waals surface area (Å²) < 4.78 is 38.1. The number of amides is 2. The van der Waals surface area contributed by atoms with Crippen molar-refractivity contribution < 1.29 is 27.5 Å². The number of benzene rings is 4. The smallest absolute Gasteiger partial charge is 0.243 e. The highest BCUT2D eigenvalue weighted by molar-refractivity contribution is 7.89. The minimum atomic E-state index is -3.58. The van der Waals surface area contributed by atoms with Crippen LogP contribution >= 0.6 is 11.6 Å². The van der Waals surface area contributed by atoms with Crippen LogP contribution in [0.4, 0.5) is 0 Å². The third-order valence-electron chi connectivity index (χ3n) is 7.64. The Morgan fingerprint density at radius 3 is 2.24 bits per heavy atom. The lowest BCUT2D eigenvalue weighted by Gasteiger charge is -2.32. The van der Waals surface area contributed by atoms with Crippen molar-refractivity contribution in [2.45, 2.75) is 50.2 Å². The molecular weight excluding hydrogens is 626 g/mol. The molecule has 1 heterocycles. The fourth-order valence-corrected chi connectivity index (χ4v) is 6.37. The lowest BCUT2D eigenvalue weighted by molar-refractivity contribution is -0.141.